The molecule has 6 rings (SSSR count). The quantitative estimate of drug-likeness (QED) is 0.148. The molecule has 0 unspecified atom stereocenters. The molecule has 1 aromatic heterocycles. The van der Waals surface area contributed by atoms with Crippen molar-refractivity contribution in [3.8, 4) is 5.75 Å². The number of para-hydroxylation sites is 2. The van der Waals surface area contributed by atoms with Crippen LogP contribution in [0.3, 0.4) is 0 Å². The van der Waals surface area contributed by atoms with E-state index in [0.29, 0.717) is 5.57 Å². The molecule has 0 radical (unpaired) electrons. The van der Waals surface area contributed by atoms with Gasteiger partial charge >= 0.3 is 0 Å². The van der Waals surface area contributed by atoms with E-state index < -0.39 is 5.92 Å². The summed E-state index contributed by atoms with van der Waals surface area (Å²) in [4.78, 5) is 27.0. The Morgan fingerprint density at radius 3 is 2.37 bits per heavy atom. The van der Waals surface area contributed by atoms with Crippen molar-refractivity contribution < 1.29 is 18.9 Å². The number of carbonyl (C=O) groups is 2. The number of rotatable bonds is 6. The second-order valence-corrected chi connectivity index (χ2v) is 10.7. The number of fused-ring (bicyclic) bond motifs is 2. The predicted molar refractivity (Wildman–Crippen MR) is 150 cm³/mol. The standard InChI is InChI=1S/C33H31N2O3/c1-33(2)26-10-6-8-12-28(26)35(18-17-21-13-15-22(38-4)16-14-21)29(33)19-24-31(36)30(32(24)37)25-20-34(3)27-11-7-5-9-23(25)27/h5-16,19-20,30H,17-18H2,1-4H3/q+1. The molecular weight excluding hydrogens is 472 g/mol. The largest absolute Gasteiger partial charge is 0.497 e. The van der Waals surface area contributed by atoms with E-state index in [-0.39, 0.29) is 17.0 Å². The smallest absolute Gasteiger partial charge is 0.209 e. The lowest BCUT2D eigenvalue weighted by Crippen LogP contribution is -2.40. The SMILES string of the molecule is COc1ccc(CC[N+]2=C(C=C3C(=O)C(c4cn(C)c5ccccc45)C3=O)C(C)(C)c3ccccc32)cc1. The Morgan fingerprint density at radius 2 is 1.63 bits per heavy atom. The molecule has 1 saturated carbocycles. The maximum Gasteiger partial charge on any atom is 0.209 e. The molecular formula is C33H31N2O3+. The molecule has 0 amide bonds. The topological polar surface area (TPSA) is 51.3 Å². The molecule has 4 aromatic rings. The molecule has 5 nitrogen and oxygen atoms in total. The van der Waals surface area contributed by atoms with Gasteiger partial charge in [-0.3, -0.25) is 9.59 Å². The van der Waals surface area contributed by atoms with E-state index in [0.717, 1.165) is 46.6 Å². The summed E-state index contributed by atoms with van der Waals surface area (Å²) in [5.74, 6) is -0.0878. The molecule has 2 aliphatic rings. The molecule has 1 aliphatic carbocycles. The Morgan fingerprint density at radius 1 is 0.947 bits per heavy atom. The van der Waals surface area contributed by atoms with Gasteiger partial charge < -0.3 is 9.30 Å². The average molecular weight is 504 g/mol. The van der Waals surface area contributed by atoms with Gasteiger partial charge in [0.05, 0.1) is 18.1 Å². The zero-order valence-electron chi connectivity index (χ0n) is 22.2. The summed E-state index contributed by atoms with van der Waals surface area (Å²) in [7, 11) is 3.62. The van der Waals surface area contributed by atoms with E-state index in [1.54, 1.807) is 7.11 Å². The minimum absolute atomic E-state index is 0.0966. The maximum atomic E-state index is 13.5. The number of aromatic nitrogens is 1. The fraction of sp³-hybridized carbons (Fsp3) is 0.242. The Labute approximate surface area is 222 Å². The molecule has 0 spiro atoms. The van der Waals surface area contributed by atoms with E-state index in [9.17, 15) is 9.59 Å². The van der Waals surface area contributed by atoms with Crippen LogP contribution in [0.4, 0.5) is 5.69 Å². The highest BCUT2D eigenvalue weighted by molar-refractivity contribution is 6.43. The van der Waals surface area contributed by atoms with Crippen LogP contribution in [0.1, 0.15) is 36.5 Å². The van der Waals surface area contributed by atoms with Crippen molar-refractivity contribution in [2.24, 2.45) is 7.05 Å². The highest BCUT2D eigenvalue weighted by Crippen LogP contribution is 2.43. The van der Waals surface area contributed by atoms with E-state index in [4.69, 9.17) is 4.74 Å². The highest BCUT2D eigenvalue weighted by Gasteiger charge is 2.50. The van der Waals surface area contributed by atoms with Gasteiger partial charge in [0.25, 0.3) is 0 Å². The van der Waals surface area contributed by atoms with Gasteiger partial charge in [-0.15, -0.1) is 0 Å². The number of Topliss-reactive ketones (excluding diaryl/α,β-unsaturated/α-hetero) is 2. The Kier molecular flexibility index (Phi) is 5.68. The van der Waals surface area contributed by atoms with Crippen LogP contribution in [-0.4, -0.2) is 40.1 Å². The second-order valence-electron chi connectivity index (χ2n) is 10.7. The molecule has 2 heterocycles. The normalized spacial score (nSPS) is 18.1. The van der Waals surface area contributed by atoms with E-state index in [2.05, 4.69) is 48.8 Å². The first-order valence-electron chi connectivity index (χ1n) is 13.0. The van der Waals surface area contributed by atoms with Crippen LogP contribution >= 0.6 is 0 Å². The number of ether oxygens (including phenoxy) is 1. The number of methoxy groups -OCH3 is 1. The summed E-state index contributed by atoms with van der Waals surface area (Å²) in [6.07, 6.45) is 4.60. The number of benzene rings is 3. The molecule has 190 valence electrons. The summed E-state index contributed by atoms with van der Waals surface area (Å²) in [5.41, 5.74) is 6.29. The fourth-order valence-corrected chi connectivity index (χ4v) is 6.01. The van der Waals surface area contributed by atoms with E-state index in [1.807, 2.05) is 66.4 Å². The van der Waals surface area contributed by atoms with Gasteiger partial charge in [-0.25, -0.2) is 0 Å². The van der Waals surface area contributed by atoms with Crippen LogP contribution in [0.25, 0.3) is 10.9 Å². The van der Waals surface area contributed by atoms with Crippen molar-refractivity contribution in [1.29, 1.82) is 0 Å². The fourth-order valence-electron chi connectivity index (χ4n) is 6.01. The van der Waals surface area contributed by atoms with E-state index >= 15 is 0 Å². The van der Waals surface area contributed by atoms with Gasteiger partial charge in [0.2, 0.25) is 5.69 Å². The first kappa shape index (κ1) is 24.1. The van der Waals surface area contributed by atoms with Crippen LogP contribution < -0.4 is 4.74 Å². The Hall–Kier alpha value is -4.25. The van der Waals surface area contributed by atoms with Gasteiger partial charge in [0.15, 0.2) is 23.8 Å². The summed E-state index contributed by atoms with van der Waals surface area (Å²) >= 11 is 0. The minimum Gasteiger partial charge on any atom is -0.497 e. The number of aryl methyl sites for hydroxylation is 1. The second kappa shape index (κ2) is 8.95. The van der Waals surface area contributed by atoms with Crippen LogP contribution in [0.2, 0.25) is 0 Å². The summed E-state index contributed by atoms with van der Waals surface area (Å²) < 4.78 is 9.56. The molecule has 3 aromatic carbocycles. The van der Waals surface area contributed by atoms with Crippen LogP contribution in [0.15, 0.2) is 90.6 Å². The first-order chi connectivity index (χ1) is 18.3. The molecule has 0 N–H and O–H groups in total. The monoisotopic (exact) mass is 503 g/mol. The van der Waals surface area contributed by atoms with Crippen molar-refractivity contribution in [2.75, 3.05) is 13.7 Å². The molecule has 0 atom stereocenters. The van der Waals surface area contributed by atoms with Crippen molar-refractivity contribution in [3.05, 3.63) is 107 Å². The van der Waals surface area contributed by atoms with Gasteiger partial charge in [0, 0.05) is 48.3 Å². The first-order valence-corrected chi connectivity index (χ1v) is 13.0. The zero-order chi connectivity index (χ0) is 26.6. The molecule has 0 bridgehead atoms. The lowest BCUT2D eigenvalue weighted by atomic mass is 9.71. The maximum absolute atomic E-state index is 13.5. The third-order valence-corrected chi connectivity index (χ3v) is 8.16. The van der Waals surface area contributed by atoms with E-state index in [1.165, 1.54) is 11.1 Å². The van der Waals surface area contributed by atoms with Gasteiger partial charge in [-0.2, -0.15) is 4.58 Å². The van der Waals surface area contributed by atoms with Crippen LogP contribution in [-0.2, 0) is 28.5 Å². The molecule has 1 fully saturated rings. The highest BCUT2D eigenvalue weighted by atomic mass is 16.5. The number of carbonyl (C=O) groups excluding carboxylic acids is 2. The zero-order valence-corrected chi connectivity index (χ0v) is 22.2. The number of allylic oxidation sites excluding steroid dienone is 2. The number of nitrogens with zero attached hydrogens (tertiary/aromatic N) is 2. The average Bonchev–Trinajstić information content (AvgIpc) is 3.37. The number of hydrogen-bond acceptors (Lipinski definition) is 3. The van der Waals surface area contributed by atoms with Gasteiger partial charge in [-0.1, -0.05) is 48.5 Å². The third-order valence-electron chi connectivity index (χ3n) is 8.16. The summed E-state index contributed by atoms with van der Waals surface area (Å²) in [5, 5.41) is 0.961. The molecule has 1 aliphatic heterocycles. The summed E-state index contributed by atoms with van der Waals surface area (Å²) in [6, 6.07) is 24.4. The van der Waals surface area contributed by atoms with Crippen LogP contribution in [0.5, 0.6) is 5.75 Å². The lowest BCUT2D eigenvalue weighted by molar-refractivity contribution is -0.436. The molecule has 38 heavy (non-hydrogen) atoms. The predicted octanol–water partition coefficient (Wildman–Crippen LogP) is 5.67. The molecule has 5 heteroatoms. The van der Waals surface area contributed by atoms with Crippen molar-refractivity contribution in [1.82, 2.24) is 4.57 Å². The molecule has 0 saturated heterocycles. The van der Waals surface area contributed by atoms with Gasteiger partial charge in [-0.05, 0) is 43.2 Å². The summed E-state index contributed by atoms with van der Waals surface area (Å²) in [6.45, 7) is 5.07. The lowest BCUT2D eigenvalue weighted by Gasteiger charge is -2.26. The third kappa shape index (κ3) is 3.65. The Balaban J connectivity index is 1.37. The number of hydrogen-bond donors (Lipinski definition) is 0. The van der Waals surface area contributed by atoms with Crippen LogP contribution in [0, 0.1) is 0 Å². The van der Waals surface area contributed by atoms with Gasteiger partial charge in [0.1, 0.15) is 11.7 Å². The Bertz CT molecular complexity index is 1650. The number of ketones is 2. The van der Waals surface area contributed by atoms with Crippen molar-refractivity contribution in [2.45, 2.75) is 31.6 Å². The van der Waals surface area contributed by atoms with Crippen molar-refractivity contribution >= 4 is 33.9 Å². The van der Waals surface area contributed by atoms with Crippen molar-refractivity contribution in [3.63, 3.8) is 0 Å². The minimum atomic E-state index is -0.729.